The van der Waals surface area contributed by atoms with Gasteiger partial charge in [0.25, 0.3) is 5.91 Å². The van der Waals surface area contributed by atoms with E-state index in [2.05, 4.69) is 55.8 Å². The summed E-state index contributed by atoms with van der Waals surface area (Å²) in [6.07, 6.45) is 13.4. The summed E-state index contributed by atoms with van der Waals surface area (Å²) in [7, 11) is 0. The maximum Gasteiger partial charge on any atom is 0.253 e. The fourth-order valence-electron chi connectivity index (χ4n) is 6.80. The highest BCUT2D eigenvalue weighted by atomic mass is 32.2. The van der Waals surface area contributed by atoms with Crippen LogP contribution in [0.4, 0.5) is 0 Å². The third-order valence-electron chi connectivity index (χ3n) is 9.45. The third-order valence-corrected chi connectivity index (χ3v) is 9.97. The number of hydrogen-bond donors (Lipinski definition) is 2. The van der Waals surface area contributed by atoms with E-state index in [0.29, 0.717) is 17.9 Å². The fraction of sp³-hybridized carbons (Fsp3) is 0.667. The molecule has 0 bridgehead atoms. The van der Waals surface area contributed by atoms with Crippen LogP contribution in [0, 0.1) is 12.8 Å². The molecule has 2 fully saturated rings. The molecule has 0 unspecified atom stereocenters. The lowest BCUT2D eigenvalue weighted by Gasteiger charge is -2.33. The van der Waals surface area contributed by atoms with Crippen molar-refractivity contribution in [3.05, 3.63) is 40.6 Å². The van der Waals surface area contributed by atoms with Crippen molar-refractivity contribution >= 4 is 17.9 Å². The number of fused-ring (bicyclic) bond motifs is 2. The first-order valence-corrected chi connectivity index (χ1v) is 16.4. The first-order chi connectivity index (χ1) is 18.7. The van der Waals surface area contributed by atoms with Gasteiger partial charge in [-0.15, -0.1) is 0 Å². The predicted molar refractivity (Wildman–Crippen MR) is 164 cm³/mol. The molecule has 6 heteroatoms. The van der Waals surface area contributed by atoms with Crippen LogP contribution in [0.15, 0.2) is 18.2 Å². The Kier molecular flexibility index (Phi) is 8.73. The lowest BCUT2D eigenvalue weighted by molar-refractivity contribution is 0.0952. The number of carbonyl (C=O) groups is 1. The number of carbonyl (C=O) groups excluding carboxylic acids is 1. The van der Waals surface area contributed by atoms with Gasteiger partial charge in [0.1, 0.15) is 5.75 Å². The number of rotatable bonds is 10. The first kappa shape index (κ1) is 28.6. The molecule has 5 nitrogen and oxygen atoms in total. The summed E-state index contributed by atoms with van der Waals surface area (Å²) in [6.45, 7) is 11.6. The number of hydrogen-bond acceptors (Lipinski definition) is 4. The van der Waals surface area contributed by atoms with E-state index in [1.807, 2.05) is 0 Å². The van der Waals surface area contributed by atoms with Gasteiger partial charge in [-0.05, 0) is 87.0 Å². The highest BCUT2D eigenvalue weighted by Crippen LogP contribution is 2.58. The highest BCUT2D eigenvalue weighted by molar-refractivity contribution is 7.97. The van der Waals surface area contributed by atoms with Crippen molar-refractivity contribution in [1.82, 2.24) is 9.88 Å². The number of aromatic nitrogens is 1. The van der Waals surface area contributed by atoms with Gasteiger partial charge >= 0.3 is 0 Å². The number of nitrogens with one attached hydrogen (secondary N) is 1. The Morgan fingerprint density at radius 3 is 2.56 bits per heavy atom. The molecule has 5 rings (SSSR count). The summed E-state index contributed by atoms with van der Waals surface area (Å²) < 4.78 is 8.84. The van der Waals surface area contributed by atoms with Gasteiger partial charge in [-0.2, -0.15) is 0 Å². The summed E-state index contributed by atoms with van der Waals surface area (Å²) in [5.41, 5.74) is 7.33. The summed E-state index contributed by atoms with van der Waals surface area (Å²) >= 11 is 1.40. The SMILES string of the molecule is Cc1c(C(=O)NCCCCCSN)cc(-c2cc(C(C)(C)C)c3c(c2)C2(CCO3)CC2)n1CC1CCCCC1. The molecule has 3 aliphatic rings. The van der Waals surface area contributed by atoms with E-state index in [4.69, 9.17) is 9.88 Å². The minimum absolute atomic E-state index is 0.0219. The summed E-state index contributed by atoms with van der Waals surface area (Å²) in [4.78, 5) is 13.4. The van der Waals surface area contributed by atoms with Gasteiger partial charge in [0.15, 0.2) is 0 Å². The van der Waals surface area contributed by atoms with Crippen molar-refractivity contribution < 1.29 is 9.53 Å². The van der Waals surface area contributed by atoms with Crippen LogP contribution < -0.4 is 15.2 Å². The number of unbranched alkanes of at least 4 members (excludes halogenated alkanes) is 2. The average Bonchev–Trinajstić information content (AvgIpc) is 3.62. The van der Waals surface area contributed by atoms with Crippen LogP contribution in [0.5, 0.6) is 5.75 Å². The molecule has 214 valence electrons. The highest BCUT2D eigenvalue weighted by Gasteiger charge is 2.49. The molecule has 1 amide bonds. The van der Waals surface area contributed by atoms with Gasteiger partial charge in [-0.3, -0.25) is 9.93 Å². The van der Waals surface area contributed by atoms with Crippen LogP contribution in [0.2, 0.25) is 0 Å². The molecule has 3 N–H and O–H groups in total. The van der Waals surface area contributed by atoms with E-state index < -0.39 is 0 Å². The lowest BCUT2D eigenvalue weighted by Crippen LogP contribution is -2.25. The Balaban J connectivity index is 1.51. The first-order valence-electron chi connectivity index (χ1n) is 15.4. The normalized spacial score (nSPS) is 18.6. The van der Waals surface area contributed by atoms with Gasteiger partial charge < -0.3 is 14.6 Å². The average molecular weight is 552 g/mol. The lowest BCUT2D eigenvalue weighted by atomic mass is 9.79. The summed E-state index contributed by atoms with van der Waals surface area (Å²) in [5, 5.41) is 8.75. The Labute approximate surface area is 240 Å². The molecule has 2 aliphatic carbocycles. The number of benzene rings is 1. The van der Waals surface area contributed by atoms with Gasteiger partial charge in [0.2, 0.25) is 0 Å². The molecule has 2 heterocycles. The maximum absolute atomic E-state index is 13.4. The van der Waals surface area contributed by atoms with Crippen molar-refractivity contribution in [2.75, 3.05) is 18.9 Å². The predicted octanol–water partition coefficient (Wildman–Crippen LogP) is 7.66. The topological polar surface area (TPSA) is 69.3 Å². The van der Waals surface area contributed by atoms with Crippen LogP contribution in [-0.4, -0.2) is 29.4 Å². The smallest absolute Gasteiger partial charge is 0.253 e. The van der Waals surface area contributed by atoms with Gasteiger partial charge in [0, 0.05) is 46.8 Å². The molecule has 1 aromatic heterocycles. The Morgan fingerprint density at radius 2 is 1.87 bits per heavy atom. The van der Waals surface area contributed by atoms with Gasteiger partial charge in [0.05, 0.1) is 12.2 Å². The number of amides is 1. The van der Waals surface area contributed by atoms with E-state index in [1.165, 1.54) is 79.3 Å². The van der Waals surface area contributed by atoms with Crippen molar-refractivity contribution in [3.8, 4) is 17.0 Å². The zero-order chi connectivity index (χ0) is 27.6. The van der Waals surface area contributed by atoms with Crippen LogP contribution in [0.1, 0.15) is 119 Å². The molecule has 2 aromatic rings. The van der Waals surface area contributed by atoms with E-state index in [0.717, 1.165) is 61.6 Å². The molecule has 39 heavy (non-hydrogen) atoms. The van der Waals surface area contributed by atoms with Crippen LogP contribution in [0.25, 0.3) is 11.3 Å². The van der Waals surface area contributed by atoms with E-state index in [-0.39, 0.29) is 11.3 Å². The largest absolute Gasteiger partial charge is 0.493 e. The van der Waals surface area contributed by atoms with Crippen LogP contribution in [0.3, 0.4) is 0 Å². The zero-order valence-electron chi connectivity index (χ0n) is 24.7. The van der Waals surface area contributed by atoms with E-state index in [9.17, 15) is 4.79 Å². The van der Waals surface area contributed by atoms with Crippen molar-refractivity contribution in [3.63, 3.8) is 0 Å². The molecule has 1 aliphatic heterocycles. The molecule has 0 saturated heterocycles. The molecule has 1 aromatic carbocycles. The van der Waals surface area contributed by atoms with E-state index >= 15 is 0 Å². The Morgan fingerprint density at radius 1 is 1.10 bits per heavy atom. The Hall–Kier alpha value is -1.92. The summed E-state index contributed by atoms with van der Waals surface area (Å²) in [6, 6.07) is 6.96. The van der Waals surface area contributed by atoms with Gasteiger partial charge in [-0.1, -0.05) is 58.4 Å². The third kappa shape index (κ3) is 6.22. The molecular formula is C33H49N3O2S. The Bertz CT molecular complexity index is 1150. The molecule has 0 radical (unpaired) electrons. The molecule has 2 saturated carbocycles. The fourth-order valence-corrected chi connectivity index (χ4v) is 7.17. The van der Waals surface area contributed by atoms with Crippen LogP contribution >= 0.6 is 11.9 Å². The molecule has 1 spiro atoms. The second-order valence-electron chi connectivity index (χ2n) is 13.4. The van der Waals surface area contributed by atoms with E-state index in [1.54, 1.807) is 0 Å². The second-order valence-corrected chi connectivity index (χ2v) is 14.1. The zero-order valence-corrected chi connectivity index (χ0v) is 25.5. The minimum Gasteiger partial charge on any atom is -0.493 e. The number of ether oxygens (including phenoxy) is 1. The monoisotopic (exact) mass is 551 g/mol. The van der Waals surface area contributed by atoms with Crippen molar-refractivity contribution in [2.45, 2.75) is 116 Å². The second kappa shape index (κ2) is 11.9. The number of nitrogens with two attached hydrogens (primary N) is 1. The van der Waals surface area contributed by atoms with Gasteiger partial charge in [-0.25, -0.2) is 0 Å². The maximum atomic E-state index is 13.4. The standard InChI is InChI=1S/C33H49N3O2S/c1-23-26(31(37)35-16-9-6-10-18-39-34)21-29(36(23)22-24-11-7-5-8-12-24)25-19-27(32(2,3)4)30-28(20-25)33(13-14-33)15-17-38-30/h19-21,24H,5-18,22,34H2,1-4H3,(H,35,37). The van der Waals surface area contributed by atoms with Crippen molar-refractivity contribution in [1.29, 1.82) is 0 Å². The van der Waals surface area contributed by atoms with Crippen LogP contribution in [-0.2, 0) is 17.4 Å². The minimum atomic E-state index is -0.0219. The van der Waals surface area contributed by atoms with Crippen molar-refractivity contribution in [2.24, 2.45) is 11.1 Å². The molecular weight excluding hydrogens is 502 g/mol. The molecule has 0 atom stereocenters. The summed E-state index contributed by atoms with van der Waals surface area (Å²) in [5.74, 6) is 2.84. The number of nitrogens with zero attached hydrogens (tertiary/aromatic N) is 1. The quantitative estimate of drug-likeness (QED) is 0.235.